The minimum absolute atomic E-state index is 0.0561. The van der Waals surface area contributed by atoms with Gasteiger partial charge in [0.15, 0.2) is 5.75 Å². The standard InChI is InChI=1S/C13H16N2O6/c1-7(2)5-9(13(18)19)14-12(17)8-3-4-11(16)10(6-8)15(20)21/h3-4,6-7,9,16H,5H2,1-2H3,(H,14,17)(H,18,19). The Morgan fingerprint density at radius 3 is 2.48 bits per heavy atom. The average molecular weight is 296 g/mol. The van der Waals surface area contributed by atoms with Crippen molar-refractivity contribution in [3.63, 3.8) is 0 Å². The fourth-order valence-corrected chi connectivity index (χ4v) is 1.75. The molecule has 0 aliphatic carbocycles. The number of aromatic hydroxyl groups is 1. The molecule has 1 aromatic carbocycles. The number of carboxylic acids is 1. The number of carbonyl (C=O) groups is 2. The van der Waals surface area contributed by atoms with Crippen molar-refractivity contribution in [2.24, 2.45) is 5.92 Å². The zero-order chi connectivity index (χ0) is 16.2. The van der Waals surface area contributed by atoms with Crippen LogP contribution in [0.5, 0.6) is 5.75 Å². The molecule has 0 aliphatic heterocycles. The summed E-state index contributed by atoms with van der Waals surface area (Å²) in [5.74, 6) is -2.43. The Morgan fingerprint density at radius 1 is 1.38 bits per heavy atom. The lowest BCUT2D eigenvalue weighted by atomic mass is 10.0. The number of hydrogen-bond acceptors (Lipinski definition) is 5. The molecular weight excluding hydrogens is 280 g/mol. The number of hydrogen-bond donors (Lipinski definition) is 3. The number of phenolic OH excluding ortho intramolecular Hbond substituents is 1. The Hall–Kier alpha value is -2.64. The van der Waals surface area contributed by atoms with E-state index in [1.54, 1.807) is 0 Å². The maximum Gasteiger partial charge on any atom is 0.326 e. The van der Waals surface area contributed by atoms with Crippen molar-refractivity contribution in [3.8, 4) is 5.75 Å². The number of carbonyl (C=O) groups excluding carboxylic acids is 1. The molecule has 1 amide bonds. The Labute approximate surface area is 120 Å². The van der Waals surface area contributed by atoms with E-state index in [9.17, 15) is 24.8 Å². The quantitative estimate of drug-likeness (QED) is 0.539. The van der Waals surface area contributed by atoms with Crippen LogP contribution in [0.25, 0.3) is 0 Å². The van der Waals surface area contributed by atoms with Crippen molar-refractivity contribution in [1.29, 1.82) is 0 Å². The Morgan fingerprint density at radius 2 is 2.00 bits per heavy atom. The molecule has 0 saturated carbocycles. The maximum absolute atomic E-state index is 11.9. The van der Waals surface area contributed by atoms with Crippen LogP contribution in [0.3, 0.4) is 0 Å². The summed E-state index contributed by atoms with van der Waals surface area (Å²) in [6.45, 7) is 3.63. The summed E-state index contributed by atoms with van der Waals surface area (Å²) in [6.07, 6.45) is 0.237. The molecule has 0 bridgehead atoms. The van der Waals surface area contributed by atoms with E-state index in [1.807, 2.05) is 13.8 Å². The lowest BCUT2D eigenvalue weighted by Crippen LogP contribution is -2.41. The molecule has 3 N–H and O–H groups in total. The predicted octanol–water partition coefficient (Wildman–Crippen LogP) is 1.53. The first kappa shape index (κ1) is 16.4. The van der Waals surface area contributed by atoms with Crippen molar-refractivity contribution < 1.29 is 24.7 Å². The highest BCUT2D eigenvalue weighted by molar-refractivity contribution is 5.97. The summed E-state index contributed by atoms with van der Waals surface area (Å²) in [5, 5.41) is 31.3. The van der Waals surface area contributed by atoms with Crippen LogP contribution in [-0.4, -0.2) is 33.1 Å². The number of phenols is 1. The van der Waals surface area contributed by atoms with Gasteiger partial charge in [-0.3, -0.25) is 14.9 Å². The largest absolute Gasteiger partial charge is 0.502 e. The first-order valence-corrected chi connectivity index (χ1v) is 6.23. The van der Waals surface area contributed by atoms with Crippen molar-refractivity contribution in [3.05, 3.63) is 33.9 Å². The topological polar surface area (TPSA) is 130 Å². The van der Waals surface area contributed by atoms with Crippen molar-refractivity contribution in [2.45, 2.75) is 26.3 Å². The molecule has 114 valence electrons. The number of carboxylic acid groups (broad SMARTS) is 1. The van der Waals surface area contributed by atoms with Gasteiger partial charge in [-0.25, -0.2) is 4.79 Å². The van der Waals surface area contributed by atoms with E-state index in [4.69, 9.17) is 5.11 Å². The lowest BCUT2D eigenvalue weighted by Gasteiger charge is -2.16. The second-order valence-electron chi connectivity index (χ2n) is 4.95. The van der Waals surface area contributed by atoms with Crippen LogP contribution < -0.4 is 5.32 Å². The zero-order valence-electron chi connectivity index (χ0n) is 11.6. The van der Waals surface area contributed by atoms with Gasteiger partial charge in [-0.05, 0) is 24.5 Å². The number of nitro benzene ring substituents is 1. The fourth-order valence-electron chi connectivity index (χ4n) is 1.75. The van der Waals surface area contributed by atoms with Crippen LogP contribution in [0.1, 0.15) is 30.6 Å². The first-order valence-electron chi connectivity index (χ1n) is 6.23. The van der Waals surface area contributed by atoms with E-state index in [2.05, 4.69) is 5.32 Å². The van der Waals surface area contributed by atoms with Gasteiger partial charge in [-0.15, -0.1) is 0 Å². The molecule has 1 unspecified atom stereocenters. The molecule has 8 nitrogen and oxygen atoms in total. The van der Waals surface area contributed by atoms with Gasteiger partial charge in [0.2, 0.25) is 0 Å². The highest BCUT2D eigenvalue weighted by atomic mass is 16.6. The van der Waals surface area contributed by atoms with Crippen LogP contribution in [0.15, 0.2) is 18.2 Å². The van der Waals surface area contributed by atoms with Crippen molar-refractivity contribution >= 4 is 17.6 Å². The summed E-state index contributed by atoms with van der Waals surface area (Å²) in [4.78, 5) is 32.9. The average Bonchev–Trinajstić information content (AvgIpc) is 2.37. The third kappa shape index (κ3) is 4.44. The maximum atomic E-state index is 11.9. The van der Waals surface area contributed by atoms with Crippen LogP contribution in [0.4, 0.5) is 5.69 Å². The van der Waals surface area contributed by atoms with Crippen LogP contribution in [-0.2, 0) is 4.79 Å². The molecule has 0 heterocycles. The second-order valence-corrected chi connectivity index (χ2v) is 4.95. The highest BCUT2D eigenvalue weighted by Crippen LogP contribution is 2.26. The number of amides is 1. The van der Waals surface area contributed by atoms with Crippen LogP contribution in [0.2, 0.25) is 0 Å². The molecule has 21 heavy (non-hydrogen) atoms. The second kappa shape index (κ2) is 6.69. The Balaban J connectivity index is 2.95. The van der Waals surface area contributed by atoms with Gasteiger partial charge < -0.3 is 15.5 Å². The van der Waals surface area contributed by atoms with Gasteiger partial charge in [-0.2, -0.15) is 0 Å². The van der Waals surface area contributed by atoms with Gasteiger partial charge in [0, 0.05) is 11.6 Å². The molecular formula is C13H16N2O6. The molecule has 1 rings (SSSR count). The molecule has 1 atom stereocenters. The van der Waals surface area contributed by atoms with E-state index in [0.29, 0.717) is 0 Å². The van der Waals surface area contributed by atoms with E-state index >= 15 is 0 Å². The summed E-state index contributed by atoms with van der Waals surface area (Å²) in [6, 6.07) is 2.03. The van der Waals surface area contributed by atoms with Gasteiger partial charge in [0.25, 0.3) is 5.91 Å². The molecule has 0 fully saturated rings. The van der Waals surface area contributed by atoms with Gasteiger partial charge in [0.05, 0.1) is 4.92 Å². The van der Waals surface area contributed by atoms with E-state index in [0.717, 1.165) is 12.1 Å². The minimum Gasteiger partial charge on any atom is -0.502 e. The lowest BCUT2D eigenvalue weighted by molar-refractivity contribution is -0.385. The Kier molecular flexibility index (Phi) is 5.23. The SMILES string of the molecule is CC(C)CC(NC(=O)c1ccc(O)c([N+](=O)[O-])c1)C(=O)O. The van der Waals surface area contributed by atoms with Gasteiger partial charge >= 0.3 is 11.7 Å². The third-order valence-corrected chi connectivity index (χ3v) is 2.74. The molecule has 0 spiro atoms. The number of nitrogens with one attached hydrogen (secondary N) is 1. The Bertz CT molecular complexity index is 570. The minimum atomic E-state index is -1.18. The molecule has 1 aromatic rings. The molecule has 0 aromatic heterocycles. The summed E-state index contributed by atoms with van der Waals surface area (Å²) < 4.78 is 0. The zero-order valence-corrected chi connectivity index (χ0v) is 11.6. The predicted molar refractivity (Wildman–Crippen MR) is 73.1 cm³/mol. The van der Waals surface area contributed by atoms with Crippen molar-refractivity contribution in [1.82, 2.24) is 5.32 Å². The van der Waals surface area contributed by atoms with Gasteiger partial charge in [-0.1, -0.05) is 13.8 Å². The molecule has 0 aliphatic rings. The van der Waals surface area contributed by atoms with Crippen molar-refractivity contribution in [2.75, 3.05) is 0 Å². The summed E-state index contributed by atoms with van der Waals surface area (Å²) >= 11 is 0. The fraction of sp³-hybridized carbons (Fsp3) is 0.385. The third-order valence-electron chi connectivity index (χ3n) is 2.74. The number of benzene rings is 1. The number of rotatable bonds is 6. The number of aliphatic carboxylic acids is 1. The highest BCUT2D eigenvalue weighted by Gasteiger charge is 2.23. The molecule has 0 saturated heterocycles. The molecule has 0 radical (unpaired) electrons. The van der Waals surface area contributed by atoms with E-state index in [-0.39, 0.29) is 17.9 Å². The monoisotopic (exact) mass is 296 g/mol. The van der Waals surface area contributed by atoms with Gasteiger partial charge in [0.1, 0.15) is 6.04 Å². The normalized spacial score (nSPS) is 12.0. The smallest absolute Gasteiger partial charge is 0.326 e. The first-order chi connectivity index (χ1) is 9.72. The summed E-state index contributed by atoms with van der Waals surface area (Å²) in [5.41, 5.74) is -0.701. The molecule has 8 heteroatoms. The summed E-state index contributed by atoms with van der Waals surface area (Å²) in [7, 11) is 0. The number of nitrogens with zero attached hydrogens (tertiary/aromatic N) is 1. The van der Waals surface area contributed by atoms with E-state index in [1.165, 1.54) is 6.07 Å². The van der Waals surface area contributed by atoms with Crippen LogP contribution >= 0.6 is 0 Å². The van der Waals surface area contributed by atoms with E-state index < -0.39 is 34.3 Å². The van der Waals surface area contributed by atoms with Crippen LogP contribution in [0, 0.1) is 16.0 Å². The number of nitro groups is 1.